The molecule has 0 spiro atoms. The molecule has 1 aliphatic heterocycles. The van der Waals surface area contributed by atoms with Gasteiger partial charge in [-0.1, -0.05) is 61.6 Å². The molecule has 1 amide bonds. The van der Waals surface area contributed by atoms with Crippen LogP contribution in [0.3, 0.4) is 0 Å². The van der Waals surface area contributed by atoms with Crippen LogP contribution in [0, 0.1) is 5.41 Å². The highest BCUT2D eigenvalue weighted by Gasteiger charge is 2.44. The molecular formula is C24H20N4O3S. The molecule has 1 atom stereocenters. The van der Waals surface area contributed by atoms with Crippen LogP contribution < -0.4 is 10.1 Å². The van der Waals surface area contributed by atoms with Crippen LogP contribution in [-0.2, 0) is 4.79 Å². The van der Waals surface area contributed by atoms with Gasteiger partial charge < -0.3 is 15.2 Å². The third kappa shape index (κ3) is 3.48. The number of pyridine rings is 1. The van der Waals surface area contributed by atoms with Gasteiger partial charge in [-0.2, -0.15) is 0 Å². The Labute approximate surface area is 188 Å². The summed E-state index contributed by atoms with van der Waals surface area (Å²) in [6, 6.07) is 18.4. The van der Waals surface area contributed by atoms with Gasteiger partial charge in [-0.05, 0) is 24.3 Å². The van der Waals surface area contributed by atoms with Gasteiger partial charge in [0.2, 0.25) is 16.9 Å². The van der Waals surface area contributed by atoms with Gasteiger partial charge in [-0.25, -0.2) is 4.98 Å². The summed E-state index contributed by atoms with van der Waals surface area (Å²) in [4.78, 5) is 18.1. The maximum atomic E-state index is 13.3. The molecule has 2 aromatic heterocycles. The van der Waals surface area contributed by atoms with E-state index in [4.69, 9.17) is 9.72 Å². The summed E-state index contributed by atoms with van der Waals surface area (Å²) in [6.07, 6.45) is 0. The Bertz CT molecular complexity index is 1300. The summed E-state index contributed by atoms with van der Waals surface area (Å²) in [7, 11) is 0. The molecule has 160 valence electrons. The molecule has 1 aliphatic rings. The summed E-state index contributed by atoms with van der Waals surface area (Å²) in [5.41, 5.74) is 3.94. The third-order valence-corrected chi connectivity index (χ3v) is 6.27. The number of hydrogen-bond donors (Lipinski definition) is 2. The molecule has 0 bridgehead atoms. The lowest BCUT2D eigenvalue weighted by Gasteiger charge is -2.37. The second kappa shape index (κ2) is 7.72. The fraction of sp³-hybridized carbons (Fsp3) is 0.167. The molecular weight excluding hydrogens is 424 g/mol. The minimum absolute atomic E-state index is 0.167. The van der Waals surface area contributed by atoms with Crippen molar-refractivity contribution in [3.05, 3.63) is 77.3 Å². The first-order valence-corrected chi connectivity index (χ1v) is 11.0. The number of phenolic OH excluding ortho intramolecular Hbond substituents is 1. The van der Waals surface area contributed by atoms with E-state index in [1.807, 2.05) is 56.3 Å². The van der Waals surface area contributed by atoms with Gasteiger partial charge in [0, 0.05) is 22.6 Å². The predicted molar refractivity (Wildman–Crippen MR) is 122 cm³/mol. The topological polar surface area (TPSA) is 97.2 Å². The third-order valence-electron chi connectivity index (χ3n) is 5.67. The van der Waals surface area contributed by atoms with E-state index in [2.05, 4.69) is 15.5 Å². The van der Waals surface area contributed by atoms with Crippen LogP contribution >= 0.6 is 11.3 Å². The number of ether oxygens (including phenoxy) is 1. The number of anilines is 1. The number of hydrogen-bond acceptors (Lipinski definition) is 7. The fourth-order valence-corrected chi connectivity index (χ4v) is 4.50. The maximum Gasteiger partial charge on any atom is 0.232 e. The van der Waals surface area contributed by atoms with Crippen LogP contribution in [-0.4, -0.2) is 26.2 Å². The lowest BCUT2D eigenvalue weighted by Crippen LogP contribution is -2.38. The highest BCUT2D eigenvalue weighted by Crippen LogP contribution is 2.52. The highest BCUT2D eigenvalue weighted by molar-refractivity contribution is 7.13. The number of aromatic nitrogens is 3. The molecule has 3 heterocycles. The lowest BCUT2D eigenvalue weighted by atomic mass is 9.69. The molecule has 0 saturated carbocycles. The fourth-order valence-electron chi connectivity index (χ4n) is 4.06. The van der Waals surface area contributed by atoms with E-state index < -0.39 is 5.41 Å². The number of amides is 1. The van der Waals surface area contributed by atoms with E-state index in [1.54, 1.807) is 23.7 Å². The largest absolute Gasteiger partial charge is 0.508 e. The molecule has 7 nitrogen and oxygen atoms in total. The van der Waals surface area contributed by atoms with Gasteiger partial charge in [-0.15, -0.1) is 10.2 Å². The number of fused-ring (bicyclic) bond motifs is 2. The van der Waals surface area contributed by atoms with Crippen LogP contribution in [0.5, 0.6) is 17.4 Å². The number of carbonyl (C=O) groups is 1. The molecule has 2 aromatic carbocycles. The number of nitrogens with one attached hydrogen (secondary N) is 1. The number of phenols is 1. The highest BCUT2D eigenvalue weighted by atomic mass is 32.1. The molecule has 4 aromatic rings. The first kappa shape index (κ1) is 20.1. The van der Waals surface area contributed by atoms with Crippen LogP contribution in [0.1, 0.15) is 30.9 Å². The zero-order chi connectivity index (χ0) is 22.3. The number of aromatic hydroxyl groups is 1. The summed E-state index contributed by atoms with van der Waals surface area (Å²) in [5, 5.41) is 20.9. The Morgan fingerprint density at radius 2 is 1.94 bits per heavy atom. The molecule has 8 heteroatoms. The van der Waals surface area contributed by atoms with E-state index in [-0.39, 0.29) is 17.6 Å². The predicted octanol–water partition coefficient (Wildman–Crippen LogP) is 5.21. The van der Waals surface area contributed by atoms with Crippen molar-refractivity contribution in [2.75, 3.05) is 5.32 Å². The van der Waals surface area contributed by atoms with Crippen molar-refractivity contribution in [3.63, 3.8) is 0 Å². The normalized spacial score (nSPS) is 14.8. The first-order chi connectivity index (χ1) is 15.4. The van der Waals surface area contributed by atoms with E-state index >= 15 is 0 Å². The molecule has 0 unspecified atom stereocenters. The average Bonchev–Trinajstić information content (AvgIpc) is 3.30. The van der Waals surface area contributed by atoms with Gasteiger partial charge in [0.05, 0.1) is 11.1 Å². The standard InChI is InChI=1S/C24H20N4O3S/c1-24(2,22(30)27-23-28-25-13-32-23)20-16-8-3-4-9-19(16)31-21-17(20)10-11-18(26-21)14-6-5-7-15(29)12-14/h3-13,20,29H,1-2H3,(H,27,28,30)/t20-/m0/s1. The summed E-state index contributed by atoms with van der Waals surface area (Å²) in [5.74, 6) is 0.828. The van der Waals surface area contributed by atoms with Gasteiger partial charge >= 0.3 is 0 Å². The first-order valence-electron chi connectivity index (χ1n) is 10.1. The summed E-state index contributed by atoms with van der Waals surface area (Å²) in [6.45, 7) is 3.81. The monoisotopic (exact) mass is 444 g/mol. The molecule has 0 radical (unpaired) electrons. The van der Waals surface area contributed by atoms with Crippen molar-refractivity contribution < 1.29 is 14.6 Å². The Hall–Kier alpha value is -3.78. The number of benzene rings is 2. The van der Waals surface area contributed by atoms with Gasteiger partial charge in [-0.3, -0.25) is 4.79 Å². The number of rotatable bonds is 4. The zero-order valence-electron chi connectivity index (χ0n) is 17.4. The van der Waals surface area contributed by atoms with Gasteiger partial charge in [0.25, 0.3) is 0 Å². The Morgan fingerprint density at radius 3 is 2.72 bits per heavy atom. The second-order valence-corrected chi connectivity index (χ2v) is 8.97. The van der Waals surface area contributed by atoms with Crippen LogP contribution in [0.25, 0.3) is 11.3 Å². The molecule has 0 saturated heterocycles. The quantitative estimate of drug-likeness (QED) is 0.449. The van der Waals surface area contributed by atoms with Gasteiger partial charge in [0.15, 0.2) is 0 Å². The minimum atomic E-state index is -0.839. The van der Waals surface area contributed by atoms with E-state index in [1.165, 1.54) is 11.3 Å². The lowest BCUT2D eigenvalue weighted by molar-refractivity contribution is -0.124. The Morgan fingerprint density at radius 1 is 1.09 bits per heavy atom. The summed E-state index contributed by atoms with van der Waals surface area (Å²) < 4.78 is 6.16. The Balaban J connectivity index is 1.59. The second-order valence-electron chi connectivity index (χ2n) is 8.13. The number of carbonyl (C=O) groups excluding carboxylic acids is 1. The smallest absolute Gasteiger partial charge is 0.232 e. The number of para-hydroxylation sites is 1. The average molecular weight is 445 g/mol. The van der Waals surface area contributed by atoms with Crippen molar-refractivity contribution in [2.24, 2.45) is 5.41 Å². The van der Waals surface area contributed by atoms with Crippen molar-refractivity contribution >= 4 is 22.4 Å². The van der Waals surface area contributed by atoms with E-state index in [9.17, 15) is 9.90 Å². The molecule has 32 heavy (non-hydrogen) atoms. The molecule has 0 aliphatic carbocycles. The molecule has 2 N–H and O–H groups in total. The van der Waals surface area contributed by atoms with Crippen LogP contribution in [0.15, 0.2) is 66.2 Å². The van der Waals surface area contributed by atoms with Crippen LogP contribution in [0.2, 0.25) is 0 Å². The van der Waals surface area contributed by atoms with Crippen molar-refractivity contribution in [3.8, 4) is 28.6 Å². The van der Waals surface area contributed by atoms with E-state index in [0.717, 1.165) is 16.7 Å². The van der Waals surface area contributed by atoms with Crippen molar-refractivity contribution in [2.45, 2.75) is 19.8 Å². The SMILES string of the molecule is CC(C)(C(=O)Nc1nncs1)[C@H]1c2ccccc2Oc2nc(-c3cccc(O)c3)ccc21. The number of nitrogens with zero attached hydrogens (tertiary/aromatic N) is 3. The molecule has 5 rings (SSSR count). The summed E-state index contributed by atoms with van der Waals surface area (Å²) >= 11 is 1.27. The van der Waals surface area contributed by atoms with Crippen LogP contribution in [0.4, 0.5) is 5.13 Å². The van der Waals surface area contributed by atoms with Crippen molar-refractivity contribution in [1.29, 1.82) is 0 Å². The molecule has 0 fully saturated rings. The van der Waals surface area contributed by atoms with Crippen molar-refractivity contribution in [1.82, 2.24) is 15.2 Å². The zero-order valence-corrected chi connectivity index (χ0v) is 18.3. The maximum absolute atomic E-state index is 13.3. The Kier molecular flexibility index (Phi) is 4.86. The van der Waals surface area contributed by atoms with E-state index in [0.29, 0.717) is 22.5 Å². The minimum Gasteiger partial charge on any atom is -0.508 e. The van der Waals surface area contributed by atoms with Gasteiger partial charge in [0.1, 0.15) is 17.0 Å².